The largest absolute Gasteiger partial charge is 0.378 e. The Morgan fingerprint density at radius 3 is 2.33 bits per heavy atom. The summed E-state index contributed by atoms with van der Waals surface area (Å²) in [6.45, 7) is 2.13. The number of rotatable bonds is 6. The number of carbonyl (C=O) groups is 1. The van der Waals surface area contributed by atoms with Crippen molar-refractivity contribution in [2.45, 2.75) is 11.4 Å². The molecule has 4 aromatic rings. The fourth-order valence-electron chi connectivity index (χ4n) is 5.13. The van der Waals surface area contributed by atoms with E-state index >= 15 is 0 Å². The fourth-order valence-corrected chi connectivity index (χ4v) is 6.57. The van der Waals surface area contributed by atoms with Gasteiger partial charge in [-0.25, -0.2) is 17.2 Å². The molecule has 1 saturated heterocycles. The average molecular weight is 623 g/mol. The number of amidine groups is 1. The molecule has 12 heteroatoms. The Morgan fingerprint density at radius 2 is 1.60 bits per heavy atom. The van der Waals surface area contributed by atoms with Gasteiger partial charge in [-0.15, -0.1) is 0 Å². The third-order valence-corrected chi connectivity index (χ3v) is 8.88. The molecule has 0 aliphatic carbocycles. The van der Waals surface area contributed by atoms with Crippen LogP contribution in [0.5, 0.6) is 0 Å². The van der Waals surface area contributed by atoms with Crippen molar-refractivity contribution in [3.8, 4) is 0 Å². The first kappa shape index (κ1) is 28.8. The van der Waals surface area contributed by atoms with Crippen molar-refractivity contribution in [3.05, 3.63) is 118 Å². The molecule has 0 saturated carbocycles. The van der Waals surface area contributed by atoms with Crippen LogP contribution < -0.4 is 14.5 Å². The Kier molecular flexibility index (Phi) is 7.87. The summed E-state index contributed by atoms with van der Waals surface area (Å²) in [4.78, 5) is 20.9. The fraction of sp³-hybridized carbons (Fsp3) is 0.161. The number of morpholine rings is 1. The molecule has 2 aliphatic rings. The van der Waals surface area contributed by atoms with Gasteiger partial charge in [0.05, 0.1) is 25.4 Å². The molecule has 1 N–H and O–H groups in total. The predicted octanol–water partition coefficient (Wildman–Crippen LogP) is 5.86. The van der Waals surface area contributed by atoms with Gasteiger partial charge in [-0.1, -0.05) is 41.9 Å². The van der Waals surface area contributed by atoms with E-state index in [4.69, 9.17) is 16.3 Å². The van der Waals surface area contributed by atoms with Gasteiger partial charge in [0.2, 0.25) is 0 Å². The van der Waals surface area contributed by atoms with Crippen molar-refractivity contribution in [1.29, 1.82) is 0 Å². The van der Waals surface area contributed by atoms with Crippen LogP contribution in [0, 0.1) is 11.6 Å². The first-order chi connectivity index (χ1) is 20.7. The van der Waals surface area contributed by atoms with E-state index in [1.54, 1.807) is 53.4 Å². The summed E-state index contributed by atoms with van der Waals surface area (Å²) in [5, 5.41) is 0.462. The van der Waals surface area contributed by atoms with E-state index in [2.05, 4.69) is 9.71 Å². The van der Waals surface area contributed by atoms with Crippen LogP contribution in [0.1, 0.15) is 21.5 Å². The molecule has 0 bridgehead atoms. The summed E-state index contributed by atoms with van der Waals surface area (Å²) in [6, 6.07) is 21.6. The van der Waals surface area contributed by atoms with Gasteiger partial charge in [0.15, 0.2) is 0 Å². The van der Waals surface area contributed by atoms with E-state index in [1.807, 2.05) is 17.0 Å². The highest BCUT2D eigenvalue weighted by Gasteiger charge is 2.31. The number of carbonyl (C=O) groups excluding carboxylic acids is 1. The van der Waals surface area contributed by atoms with Crippen molar-refractivity contribution in [1.82, 2.24) is 0 Å². The number of benzene rings is 4. The Labute approximate surface area is 252 Å². The maximum atomic E-state index is 14.5. The molecule has 0 unspecified atom stereocenters. The number of fused-ring (bicyclic) bond motifs is 1. The number of amides is 1. The predicted molar refractivity (Wildman–Crippen MR) is 162 cm³/mol. The maximum absolute atomic E-state index is 14.5. The smallest absolute Gasteiger partial charge is 0.284 e. The highest BCUT2D eigenvalue weighted by molar-refractivity contribution is 7.92. The summed E-state index contributed by atoms with van der Waals surface area (Å²) in [7, 11) is -4.13. The van der Waals surface area contributed by atoms with Crippen molar-refractivity contribution in [3.63, 3.8) is 0 Å². The van der Waals surface area contributed by atoms with Crippen LogP contribution in [0.4, 0.5) is 25.8 Å². The zero-order chi connectivity index (χ0) is 30.1. The summed E-state index contributed by atoms with van der Waals surface area (Å²) >= 11 is 5.99. The van der Waals surface area contributed by atoms with E-state index in [1.165, 1.54) is 12.1 Å². The van der Waals surface area contributed by atoms with E-state index < -0.39 is 33.1 Å². The van der Waals surface area contributed by atoms with Crippen LogP contribution in [0.15, 0.2) is 94.8 Å². The van der Waals surface area contributed by atoms with Gasteiger partial charge in [-0.05, 0) is 60.2 Å². The lowest BCUT2D eigenvalue weighted by Crippen LogP contribution is -2.37. The van der Waals surface area contributed by atoms with E-state index in [9.17, 15) is 22.0 Å². The summed E-state index contributed by atoms with van der Waals surface area (Å²) in [6.07, 6.45) is 0. The Hall–Kier alpha value is -4.32. The minimum Gasteiger partial charge on any atom is -0.378 e. The van der Waals surface area contributed by atoms with E-state index in [-0.39, 0.29) is 17.3 Å². The second-order valence-electron chi connectivity index (χ2n) is 9.94. The normalized spacial score (nSPS) is 15.9. The number of halogens is 3. The first-order valence-electron chi connectivity index (χ1n) is 13.4. The van der Waals surface area contributed by atoms with Crippen molar-refractivity contribution >= 4 is 50.4 Å². The highest BCUT2D eigenvalue weighted by atomic mass is 35.5. The number of aliphatic imine (C=N–C) groups is 1. The van der Waals surface area contributed by atoms with Gasteiger partial charge >= 0.3 is 0 Å². The number of sulfonamides is 1. The monoisotopic (exact) mass is 622 g/mol. The minimum atomic E-state index is -4.13. The Bertz CT molecular complexity index is 1830. The Balaban J connectivity index is 1.45. The van der Waals surface area contributed by atoms with Gasteiger partial charge in [0.1, 0.15) is 27.9 Å². The van der Waals surface area contributed by atoms with Gasteiger partial charge in [-0.3, -0.25) is 9.52 Å². The molecule has 0 radical (unpaired) electrons. The molecule has 220 valence electrons. The second kappa shape index (κ2) is 11.8. The molecule has 2 aliphatic heterocycles. The summed E-state index contributed by atoms with van der Waals surface area (Å²) < 4.78 is 64.7. The Morgan fingerprint density at radius 1 is 0.907 bits per heavy atom. The minimum absolute atomic E-state index is 0.00336. The van der Waals surface area contributed by atoms with Crippen LogP contribution in [-0.2, 0) is 21.3 Å². The van der Waals surface area contributed by atoms with Crippen molar-refractivity contribution in [2.24, 2.45) is 4.99 Å². The summed E-state index contributed by atoms with van der Waals surface area (Å²) in [5.74, 6) is -2.99. The lowest BCUT2D eigenvalue weighted by molar-refractivity contribution is 0.0994. The third kappa shape index (κ3) is 5.83. The number of anilines is 3. The number of hydrogen-bond acceptors (Lipinski definition) is 5. The van der Waals surface area contributed by atoms with E-state index in [0.717, 1.165) is 17.7 Å². The van der Waals surface area contributed by atoms with E-state index in [0.29, 0.717) is 54.0 Å². The number of ether oxygens (including phenoxy) is 1. The quantitative estimate of drug-likeness (QED) is 0.290. The first-order valence-corrected chi connectivity index (χ1v) is 15.3. The lowest BCUT2D eigenvalue weighted by Gasteiger charge is -2.31. The molecular weight excluding hydrogens is 598 g/mol. The zero-order valence-electron chi connectivity index (χ0n) is 22.6. The number of nitrogens with one attached hydrogen (secondary N) is 1. The zero-order valence-corrected chi connectivity index (χ0v) is 24.2. The molecule has 8 nitrogen and oxygen atoms in total. The standard InChI is InChI=1S/C31H25ClF2N4O4S/c32-21-8-10-22(11-9-21)36-43(40,41)28-18-23(12-13-27(28)37-14-16-42-17-15-37)38-19-20-4-1-2-5-24(20)30(38)35-31(39)29-25(33)6-3-7-26(29)34/h1-13,18,36H,14-17,19H2. The molecule has 6 rings (SSSR count). The molecule has 0 aromatic heterocycles. The van der Waals surface area contributed by atoms with Gasteiger partial charge in [0, 0.05) is 35.1 Å². The lowest BCUT2D eigenvalue weighted by atomic mass is 10.1. The van der Waals surface area contributed by atoms with Crippen LogP contribution in [0.25, 0.3) is 0 Å². The molecule has 1 amide bonds. The van der Waals surface area contributed by atoms with Gasteiger partial charge < -0.3 is 14.5 Å². The van der Waals surface area contributed by atoms with Crippen LogP contribution in [-0.4, -0.2) is 46.5 Å². The topological polar surface area (TPSA) is 91.3 Å². The molecular formula is C31H25ClF2N4O4S. The van der Waals surface area contributed by atoms with Crippen molar-refractivity contribution in [2.75, 3.05) is 40.8 Å². The van der Waals surface area contributed by atoms with Gasteiger partial charge in [0.25, 0.3) is 15.9 Å². The third-order valence-electron chi connectivity index (χ3n) is 7.22. The SMILES string of the molecule is O=C(N=C1c2ccccc2CN1c1ccc(N2CCOCC2)c(S(=O)(=O)Nc2ccc(Cl)cc2)c1)c1c(F)cccc1F. The van der Waals surface area contributed by atoms with Crippen molar-refractivity contribution < 1.29 is 26.7 Å². The molecule has 0 atom stereocenters. The van der Waals surface area contributed by atoms with Crippen LogP contribution in [0.2, 0.25) is 5.02 Å². The molecule has 43 heavy (non-hydrogen) atoms. The molecule has 1 fully saturated rings. The maximum Gasteiger partial charge on any atom is 0.284 e. The van der Waals surface area contributed by atoms with Crippen LogP contribution >= 0.6 is 11.6 Å². The number of hydrogen-bond donors (Lipinski definition) is 1. The van der Waals surface area contributed by atoms with Gasteiger partial charge in [-0.2, -0.15) is 4.99 Å². The molecule has 4 aromatic carbocycles. The molecule has 2 heterocycles. The summed E-state index contributed by atoms with van der Waals surface area (Å²) in [5.41, 5.74) is 1.87. The highest BCUT2D eigenvalue weighted by Crippen LogP contribution is 2.36. The molecule has 0 spiro atoms. The van der Waals surface area contributed by atoms with Crippen LogP contribution in [0.3, 0.4) is 0 Å². The number of nitrogens with zero attached hydrogens (tertiary/aromatic N) is 3. The average Bonchev–Trinajstić information content (AvgIpc) is 3.36. The second-order valence-corrected chi connectivity index (χ2v) is 12.0.